The molecule has 0 aromatic carbocycles. The van der Waals surface area contributed by atoms with Crippen molar-refractivity contribution in [1.82, 2.24) is 5.32 Å². The Kier molecular flexibility index (Phi) is 70.4. The van der Waals surface area contributed by atoms with Gasteiger partial charge in [-0.1, -0.05) is 359 Å². The molecular weight excluding hydrogens is 1010 g/mol. The van der Waals surface area contributed by atoms with E-state index < -0.39 is 12.1 Å². The van der Waals surface area contributed by atoms with Gasteiger partial charge in [0.05, 0.1) is 25.4 Å². The topological polar surface area (TPSA) is 95.9 Å². The Hall–Kier alpha value is -1.66. The number of carbonyl (C=O) groups excluding carboxylic acids is 2. The van der Waals surface area contributed by atoms with Gasteiger partial charge in [0.15, 0.2) is 0 Å². The third-order valence-corrected chi connectivity index (χ3v) is 17.7. The molecule has 0 bridgehead atoms. The fourth-order valence-corrected chi connectivity index (χ4v) is 12.0. The summed E-state index contributed by atoms with van der Waals surface area (Å²) in [5.74, 6) is -0.0237. The Balaban J connectivity index is 3.39. The Morgan fingerprint density at radius 1 is 0.329 bits per heavy atom. The highest BCUT2D eigenvalue weighted by atomic mass is 16.5. The van der Waals surface area contributed by atoms with Crippen molar-refractivity contribution in [3.8, 4) is 0 Å². The predicted molar refractivity (Wildman–Crippen MR) is 361 cm³/mol. The maximum absolute atomic E-state index is 12.6. The number of amides is 1. The molecule has 0 radical (unpaired) electrons. The summed E-state index contributed by atoms with van der Waals surface area (Å²) in [7, 11) is 0. The van der Waals surface area contributed by atoms with E-state index in [1.807, 2.05) is 0 Å². The molecule has 0 aromatic rings. The lowest BCUT2D eigenvalue weighted by Gasteiger charge is -2.22. The normalized spacial score (nSPS) is 12.6. The lowest BCUT2D eigenvalue weighted by Crippen LogP contribution is -2.45. The number of hydrogen-bond acceptors (Lipinski definition) is 5. The molecule has 0 aliphatic carbocycles. The van der Waals surface area contributed by atoms with Gasteiger partial charge >= 0.3 is 5.97 Å². The maximum atomic E-state index is 12.6. The number of nitrogens with one attached hydrogen (secondary N) is 1. The predicted octanol–water partition coefficient (Wildman–Crippen LogP) is 24.5. The fraction of sp³-hybridized carbons (Fsp3) is 0.921. The number of ether oxygens (including phenoxy) is 1. The first-order chi connectivity index (χ1) is 40.5. The summed E-state index contributed by atoms with van der Waals surface area (Å²) in [5, 5.41) is 23.5. The van der Waals surface area contributed by atoms with Crippen LogP contribution in [0, 0.1) is 0 Å². The molecule has 0 aliphatic rings. The van der Waals surface area contributed by atoms with Crippen LogP contribution in [0.2, 0.25) is 0 Å². The minimum atomic E-state index is -0.666. The van der Waals surface area contributed by atoms with Gasteiger partial charge in [-0.05, 0) is 77.0 Å². The molecule has 0 rings (SSSR count). The summed E-state index contributed by atoms with van der Waals surface area (Å²) in [5.41, 5.74) is 0. The number of carbonyl (C=O) groups is 2. The molecule has 0 saturated carbocycles. The molecule has 0 spiro atoms. The summed E-state index contributed by atoms with van der Waals surface area (Å²) < 4.78 is 5.48. The zero-order valence-corrected chi connectivity index (χ0v) is 55.8. The van der Waals surface area contributed by atoms with Gasteiger partial charge in [-0.15, -0.1) is 0 Å². The van der Waals surface area contributed by atoms with E-state index in [1.165, 1.54) is 347 Å². The van der Waals surface area contributed by atoms with Crippen LogP contribution in [0.3, 0.4) is 0 Å². The standard InChI is InChI=1S/C76H147NO5/c1-3-5-7-9-11-13-15-17-18-19-20-21-22-26-29-32-35-38-41-45-48-52-56-60-64-68-74(79)73(72-78)77-75(80)69-65-61-57-53-49-46-42-39-36-33-30-27-24-23-25-28-31-34-37-40-43-47-51-55-59-63-67-71-82-76(81)70-66-62-58-54-50-44-16-14-12-10-8-6-4-2/h14,16,23-24,73-74,78-79H,3-13,15,17-22,25-72H2,1-2H3,(H,77,80)/b16-14-,24-23-. The average molecular weight is 1160 g/mol. The van der Waals surface area contributed by atoms with Gasteiger partial charge < -0.3 is 20.3 Å². The molecular formula is C76H147NO5. The van der Waals surface area contributed by atoms with Crippen LogP contribution >= 0.6 is 0 Å². The highest BCUT2D eigenvalue weighted by Crippen LogP contribution is 2.19. The molecule has 2 unspecified atom stereocenters. The molecule has 6 nitrogen and oxygen atoms in total. The van der Waals surface area contributed by atoms with Crippen molar-refractivity contribution in [1.29, 1.82) is 0 Å². The number of unbranched alkanes of at least 4 members (excludes halogenated alkanes) is 56. The maximum Gasteiger partial charge on any atom is 0.305 e. The second-order valence-corrected chi connectivity index (χ2v) is 26.0. The van der Waals surface area contributed by atoms with E-state index in [1.54, 1.807) is 0 Å². The number of esters is 1. The quantitative estimate of drug-likeness (QED) is 0.0320. The third-order valence-electron chi connectivity index (χ3n) is 17.7. The number of aliphatic hydroxyl groups is 2. The lowest BCUT2D eigenvalue weighted by molar-refractivity contribution is -0.143. The molecule has 2 atom stereocenters. The van der Waals surface area contributed by atoms with Crippen LogP contribution in [0.4, 0.5) is 0 Å². The summed E-state index contributed by atoms with van der Waals surface area (Å²) in [6.45, 7) is 4.98. The van der Waals surface area contributed by atoms with Crippen molar-refractivity contribution in [3.05, 3.63) is 24.3 Å². The first-order valence-corrected chi connectivity index (χ1v) is 37.6. The van der Waals surface area contributed by atoms with Gasteiger partial charge in [-0.25, -0.2) is 0 Å². The monoisotopic (exact) mass is 1150 g/mol. The zero-order chi connectivity index (χ0) is 59.2. The summed E-state index contributed by atoms with van der Waals surface area (Å²) in [6, 6.07) is -0.544. The number of hydrogen-bond donors (Lipinski definition) is 3. The first kappa shape index (κ1) is 80.3. The van der Waals surface area contributed by atoms with Gasteiger partial charge in [-0.2, -0.15) is 0 Å². The first-order valence-electron chi connectivity index (χ1n) is 37.6. The fourth-order valence-electron chi connectivity index (χ4n) is 12.0. The molecule has 82 heavy (non-hydrogen) atoms. The third kappa shape index (κ3) is 67.5. The van der Waals surface area contributed by atoms with Crippen molar-refractivity contribution in [2.45, 2.75) is 437 Å². The number of aliphatic hydroxyl groups excluding tert-OH is 2. The van der Waals surface area contributed by atoms with Crippen LogP contribution in [0.5, 0.6) is 0 Å². The highest BCUT2D eigenvalue weighted by molar-refractivity contribution is 5.76. The van der Waals surface area contributed by atoms with E-state index in [0.29, 0.717) is 25.9 Å². The van der Waals surface area contributed by atoms with Gasteiger partial charge in [0, 0.05) is 12.8 Å². The Bertz CT molecular complexity index is 1280. The molecule has 0 saturated heterocycles. The van der Waals surface area contributed by atoms with E-state index in [-0.39, 0.29) is 18.5 Å². The number of rotatable bonds is 71. The smallest absolute Gasteiger partial charge is 0.305 e. The van der Waals surface area contributed by atoms with E-state index in [4.69, 9.17) is 4.74 Å². The largest absolute Gasteiger partial charge is 0.466 e. The van der Waals surface area contributed by atoms with Gasteiger partial charge in [-0.3, -0.25) is 9.59 Å². The van der Waals surface area contributed by atoms with Crippen LogP contribution in [0.1, 0.15) is 425 Å². The van der Waals surface area contributed by atoms with Crippen LogP contribution in [-0.4, -0.2) is 47.4 Å². The van der Waals surface area contributed by atoms with Crippen molar-refractivity contribution in [2.75, 3.05) is 13.2 Å². The molecule has 0 heterocycles. The minimum absolute atomic E-state index is 0.00677. The summed E-state index contributed by atoms with van der Waals surface area (Å²) in [4.78, 5) is 24.6. The zero-order valence-electron chi connectivity index (χ0n) is 55.8. The Morgan fingerprint density at radius 3 is 0.878 bits per heavy atom. The van der Waals surface area contributed by atoms with Gasteiger partial charge in [0.1, 0.15) is 0 Å². The van der Waals surface area contributed by atoms with Crippen molar-refractivity contribution >= 4 is 11.9 Å². The van der Waals surface area contributed by atoms with Crippen LogP contribution in [0.15, 0.2) is 24.3 Å². The summed E-state index contributed by atoms with van der Waals surface area (Å²) >= 11 is 0. The van der Waals surface area contributed by atoms with E-state index >= 15 is 0 Å². The summed E-state index contributed by atoms with van der Waals surface area (Å²) in [6.07, 6.45) is 91.0. The molecule has 1 amide bonds. The van der Waals surface area contributed by atoms with Crippen molar-refractivity contribution in [3.63, 3.8) is 0 Å². The second kappa shape index (κ2) is 71.8. The van der Waals surface area contributed by atoms with Crippen LogP contribution < -0.4 is 5.32 Å². The van der Waals surface area contributed by atoms with Crippen LogP contribution in [-0.2, 0) is 14.3 Å². The van der Waals surface area contributed by atoms with Crippen molar-refractivity contribution in [2.24, 2.45) is 0 Å². The molecule has 0 aromatic heterocycles. The van der Waals surface area contributed by atoms with Gasteiger partial charge in [0.25, 0.3) is 0 Å². The second-order valence-electron chi connectivity index (χ2n) is 26.0. The van der Waals surface area contributed by atoms with E-state index in [9.17, 15) is 19.8 Å². The lowest BCUT2D eigenvalue weighted by atomic mass is 10.0. The van der Waals surface area contributed by atoms with E-state index in [2.05, 4.69) is 43.5 Å². The Morgan fingerprint density at radius 2 is 0.573 bits per heavy atom. The molecule has 486 valence electrons. The Labute approximate surface area is 513 Å². The molecule has 0 fully saturated rings. The van der Waals surface area contributed by atoms with E-state index in [0.717, 1.165) is 44.9 Å². The van der Waals surface area contributed by atoms with Gasteiger partial charge in [0.2, 0.25) is 5.91 Å². The van der Waals surface area contributed by atoms with Crippen LogP contribution in [0.25, 0.3) is 0 Å². The van der Waals surface area contributed by atoms with Crippen molar-refractivity contribution < 1.29 is 24.5 Å². The highest BCUT2D eigenvalue weighted by Gasteiger charge is 2.20. The molecule has 0 aliphatic heterocycles. The SMILES string of the molecule is CCCCCC/C=C\CCCCCCCC(=O)OCCCCCCCCCCCCCC/C=C\CCCCCCCCCCCCCC(=O)NC(CO)C(O)CCCCCCCCCCCCCCCCCCCCCCCCCCC. The minimum Gasteiger partial charge on any atom is -0.466 e. The number of allylic oxidation sites excluding steroid dienone is 4. The molecule has 3 N–H and O–H groups in total. The molecule has 6 heteroatoms. The average Bonchev–Trinajstić information content (AvgIpc) is 3.48.